The first kappa shape index (κ1) is 6.85. The van der Waals surface area contributed by atoms with Crippen molar-refractivity contribution < 1.29 is 0 Å². The molecule has 0 bridgehead atoms. The highest BCUT2D eigenvalue weighted by molar-refractivity contribution is 9.10. The Hall–Kier alpha value is -0.830. The average Bonchev–Trinajstić information content (AvgIpc) is 2.45. The zero-order valence-electron chi connectivity index (χ0n) is 6.08. The molecule has 0 unspecified atom stereocenters. The van der Waals surface area contributed by atoms with E-state index in [2.05, 4.69) is 20.9 Å². The van der Waals surface area contributed by atoms with Gasteiger partial charge in [-0.05, 0) is 13.0 Å². The molecule has 0 N–H and O–H groups in total. The first-order valence-corrected chi connectivity index (χ1v) is 4.16. The van der Waals surface area contributed by atoms with Crippen molar-refractivity contribution in [1.29, 1.82) is 0 Å². The zero-order valence-corrected chi connectivity index (χ0v) is 7.67. The maximum Gasteiger partial charge on any atom is 0.140 e. The van der Waals surface area contributed by atoms with E-state index in [0.717, 1.165) is 10.1 Å². The van der Waals surface area contributed by atoms with Gasteiger partial charge in [0.25, 0.3) is 0 Å². The summed E-state index contributed by atoms with van der Waals surface area (Å²) in [5, 5.41) is 0. The summed E-state index contributed by atoms with van der Waals surface area (Å²) in [5.41, 5.74) is 2.19. The van der Waals surface area contributed by atoms with Gasteiger partial charge in [0.15, 0.2) is 0 Å². The number of aryl methyl sites for hydroxylation is 1. The van der Waals surface area contributed by atoms with E-state index < -0.39 is 0 Å². The summed E-state index contributed by atoms with van der Waals surface area (Å²) in [5.74, 6) is 0. The molecule has 0 aliphatic rings. The molecule has 0 aliphatic heterocycles. The Morgan fingerprint density at radius 2 is 2.27 bits per heavy atom. The number of hydrogen-bond donors (Lipinski definition) is 0. The van der Waals surface area contributed by atoms with Gasteiger partial charge < -0.3 is 4.40 Å². The normalized spacial score (nSPS) is 10.7. The molecule has 0 aromatic carbocycles. The Kier molecular flexibility index (Phi) is 1.46. The quantitative estimate of drug-likeness (QED) is 0.653. The highest BCUT2D eigenvalue weighted by Gasteiger charge is 2.00. The molecule has 0 aliphatic carbocycles. The van der Waals surface area contributed by atoms with Crippen LogP contribution in [-0.2, 0) is 0 Å². The molecule has 2 aromatic heterocycles. The van der Waals surface area contributed by atoms with Crippen LogP contribution in [-0.4, -0.2) is 9.38 Å². The fourth-order valence-electron chi connectivity index (χ4n) is 1.10. The Balaban J connectivity index is 2.93. The van der Waals surface area contributed by atoms with Crippen molar-refractivity contribution in [3.8, 4) is 0 Å². The number of fused-ring (bicyclic) bond motifs is 1. The molecular weight excluding hydrogens is 204 g/mol. The molecule has 11 heavy (non-hydrogen) atoms. The fourth-order valence-corrected chi connectivity index (χ4v) is 1.40. The van der Waals surface area contributed by atoms with Crippen LogP contribution in [0.1, 0.15) is 5.56 Å². The molecular formula is C8H7BrN2. The van der Waals surface area contributed by atoms with Crippen LogP contribution in [0.5, 0.6) is 0 Å². The van der Waals surface area contributed by atoms with E-state index in [0.29, 0.717) is 0 Å². The molecule has 0 radical (unpaired) electrons. The van der Waals surface area contributed by atoms with Gasteiger partial charge in [-0.1, -0.05) is 15.9 Å². The molecule has 0 spiro atoms. The lowest BCUT2D eigenvalue weighted by Gasteiger charge is -1.98. The molecule has 0 amide bonds. The third-order valence-electron chi connectivity index (χ3n) is 1.74. The average molecular weight is 211 g/mol. The highest BCUT2D eigenvalue weighted by Crippen LogP contribution is 2.18. The van der Waals surface area contributed by atoms with Crippen molar-refractivity contribution in [2.45, 2.75) is 6.92 Å². The monoisotopic (exact) mass is 210 g/mol. The maximum atomic E-state index is 4.21. The smallest absolute Gasteiger partial charge is 0.140 e. The lowest BCUT2D eigenvalue weighted by Crippen LogP contribution is -1.86. The molecule has 0 fully saturated rings. The van der Waals surface area contributed by atoms with E-state index in [9.17, 15) is 0 Å². The fraction of sp³-hybridized carbons (Fsp3) is 0.125. The van der Waals surface area contributed by atoms with Crippen LogP contribution >= 0.6 is 15.9 Å². The van der Waals surface area contributed by atoms with Crippen LogP contribution < -0.4 is 0 Å². The van der Waals surface area contributed by atoms with Crippen molar-refractivity contribution >= 4 is 21.6 Å². The predicted molar refractivity (Wildman–Crippen MR) is 47.6 cm³/mol. The number of halogens is 1. The Bertz CT molecular complexity index is 392. The van der Waals surface area contributed by atoms with Gasteiger partial charge in [0, 0.05) is 28.6 Å². The molecule has 2 aromatic rings. The molecule has 2 heterocycles. The lowest BCUT2D eigenvalue weighted by molar-refractivity contribution is 1.15. The SMILES string of the molecule is Cc1c(Br)ccn2ccnc12. The van der Waals surface area contributed by atoms with Crippen molar-refractivity contribution in [2.24, 2.45) is 0 Å². The lowest BCUT2D eigenvalue weighted by atomic mass is 10.3. The Morgan fingerprint density at radius 1 is 1.45 bits per heavy atom. The molecule has 0 saturated heterocycles. The summed E-state index contributed by atoms with van der Waals surface area (Å²) in [6, 6.07) is 2.02. The van der Waals surface area contributed by atoms with Gasteiger partial charge in [-0.3, -0.25) is 0 Å². The third-order valence-corrected chi connectivity index (χ3v) is 2.60. The Morgan fingerprint density at radius 3 is 3.09 bits per heavy atom. The standard InChI is InChI=1S/C8H7BrN2/c1-6-7(9)2-4-11-5-3-10-8(6)11/h2-5H,1H3. The molecule has 3 heteroatoms. The summed E-state index contributed by atoms with van der Waals surface area (Å²) in [6.45, 7) is 2.05. The second-order valence-corrected chi connectivity index (χ2v) is 3.30. The van der Waals surface area contributed by atoms with Crippen molar-refractivity contribution in [3.63, 3.8) is 0 Å². The minimum Gasteiger partial charge on any atom is -0.307 e. The van der Waals surface area contributed by atoms with E-state index in [1.165, 1.54) is 5.56 Å². The summed E-state index contributed by atoms with van der Waals surface area (Å²) >= 11 is 3.45. The van der Waals surface area contributed by atoms with E-state index >= 15 is 0 Å². The number of pyridine rings is 1. The summed E-state index contributed by atoms with van der Waals surface area (Å²) in [6.07, 6.45) is 5.73. The third kappa shape index (κ3) is 0.959. The van der Waals surface area contributed by atoms with Gasteiger partial charge in [-0.15, -0.1) is 0 Å². The van der Waals surface area contributed by atoms with Gasteiger partial charge in [-0.25, -0.2) is 4.98 Å². The molecule has 56 valence electrons. The van der Waals surface area contributed by atoms with Crippen LogP contribution in [0.4, 0.5) is 0 Å². The molecule has 2 nitrogen and oxygen atoms in total. The topological polar surface area (TPSA) is 17.3 Å². The first-order chi connectivity index (χ1) is 5.29. The molecule has 0 saturated carbocycles. The van der Waals surface area contributed by atoms with Gasteiger partial charge in [-0.2, -0.15) is 0 Å². The molecule has 2 rings (SSSR count). The van der Waals surface area contributed by atoms with E-state index in [4.69, 9.17) is 0 Å². The van der Waals surface area contributed by atoms with Crippen LogP contribution in [0, 0.1) is 6.92 Å². The van der Waals surface area contributed by atoms with Crippen molar-refractivity contribution in [1.82, 2.24) is 9.38 Å². The summed E-state index contributed by atoms with van der Waals surface area (Å²) < 4.78 is 3.11. The minimum absolute atomic E-state index is 1.01. The zero-order chi connectivity index (χ0) is 7.84. The number of rotatable bonds is 0. The van der Waals surface area contributed by atoms with E-state index in [1.807, 2.05) is 29.8 Å². The predicted octanol–water partition coefficient (Wildman–Crippen LogP) is 2.41. The number of hydrogen-bond acceptors (Lipinski definition) is 1. The second kappa shape index (κ2) is 2.34. The second-order valence-electron chi connectivity index (χ2n) is 2.45. The highest BCUT2D eigenvalue weighted by atomic mass is 79.9. The van der Waals surface area contributed by atoms with Crippen molar-refractivity contribution in [3.05, 3.63) is 34.7 Å². The van der Waals surface area contributed by atoms with Gasteiger partial charge in [0.05, 0.1) is 0 Å². The summed E-state index contributed by atoms with van der Waals surface area (Å²) in [4.78, 5) is 4.21. The maximum absolute atomic E-state index is 4.21. The van der Waals surface area contributed by atoms with E-state index in [-0.39, 0.29) is 0 Å². The first-order valence-electron chi connectivity index (χ1n) is 3.37. The number of aromatic nitrogens is 2. The molecule has 0 atom stereocenters. The van der Waals surface area contributed by atoms with Gasteiger partial charge >= 0.3 is 0 Å². The Labute approximate surface area is 73.0 Å². The van der Waals surface area contributed by atoms with Crippen molar-refractivity contribution in [2.75, 3.05) is 0 Å². The van der Waals surface area contributed by atoms with Gasteiger partial charge in [0.1, 0.15) is 5.65 Å². The summed E-state index contributed by atoms with van der Waals surface area (Å²) in [7, 11) is 0. The van der Waals surface area contributed by atoms with Crippen LogP contribution in [0.3, 0.4) is 0 Å². The van der Waals surface area contributed by atoms with Gasteiger partial charge in [0.2, 0.25) is 0 Å². The van der Waals surface area contributed by atoms with Crippen LogP contribution in [0.25, 0.3) is 5.65 Å². The minimum atomic E-state index is 1.01. The van der Waals surface area contributed by atoms with E-state index in [1.54, 1.807) is 6.20 Å². The van der Waals surface area contributed by atoms with Crippen LogP contribution in [0.15, 0.2) is 29.1 Å². The largest absolute Gasteiger partial charge is 0.307 e. The number of nitrogens with zero attached hydrogens (tertiary/aromatic N) is 2. The number of imidazole rings is 1. The van der Waals surface area contributed by atoms with Crippen LogP contribution in [0.2, 0.25) is 0 Å².